The molecule has 12 heavy (non-hydrogen) atoms. The molecule has 0 aromatic heterocycles. The molecule has 0 aromatic rings. The van der Waals surface area contributed by atoms with Crippen LogP contribution in [-0.2, 0) is 0 Å². The maximum Gasteiger partial charge on any atom is 0.0339 e. The molecule has 1 heterocycles. The summed E-state index contributed by atoms with van der Waals surface area (Å²) in [6, 6.07) is 0. The first kappa shape index (κ1) is 14.1. The van der Waals surface area contributed by atoms with Crippen molar-refractivity contribution in [2.75, 3.05) is 13.1 Å². The Balaban J connectivity index is 0. The summed E-state index contributed by atoms with van der Waals surface area (Å²) in [5.41, 5.74) is 0. The van der Waals surface area contributed by atoms with E-state index in [1.807, 2.05) is 34.6 Å². The zero-order chi connectivity index (χ0) is 9.82. The van der Waals surface area contributed by atoms with E-state index in [0.29, 0.717) is 5.92 Å². The molecule has 1 atom stereocenters. The molecule has 1 nitrogen and oxygen atoms in total. The van der Waals surface area contributed by atoms with Gasteiger partial charge in [0.15, 0.2) is 0 Å². The predicted molar refractivity (Wildman–Crippen MR) is 57.1 cm³/mol. The summed E-state index contributed by atoms with van der Waals surface area (Å²) >= 11 is 0. The molecule has 0 saturated carbocycles. The number of nitrogens with one attached hydrogen (secondary N) is 1. The molecule has 0 bridgehead atoms. The molecule has 72 valence electrons. The van der Waals surface area contributed by atoms with E-state index in [2.05, 4.69) is 17.2 Å². The van der Waals surface area contributed by atoms with Crippen molar-refractivity contribution in [2.45, 2.75) is 41.0 Å². The zero-order valence-electron chi connectivity index (χ0n) is 9.20. The van der Waals surface area contributed by atoms with Gasteiger partial charge in [-0.25, -0.2) is 0 Å². The van der Waals surface area contributed by atoms with Crippen LogP contribution in [0.5, 0.6) is 0 Å². The Morgan fingerprint density at radius 1 is 1.17 bits per heavy atom. The molecule has 0 aromatic carbocycles. The van der Waals surface area contributed by atoms with Gasteiger partial charge in [0.05, 0.1) is 0 Å². The van der Waals surface area contributed by atoms with Crippen molar-refractivity contribution in [2.24, 2.45) is 5.92 Å². The summed E-state index contributed by atoms with van der Waals surface area (Å²) in [7, 11) is 0. The second-order valence-corrected chi connectivity index (χ2v) is 2.08. The topological polar surface area (TPSA) is 12.0 Å². The van der Waals surface area contributed by atoms with Crippen molar-refractivity contribution in [3.63, 3.8) is 0 Å². The van der Waals surface area contributed by atoms with E-state index in [1.54, 1.807) is 0 Å². The Morgan fingerprint density at radius 2 is 1.75 bits per heavy atom. The summed E-state index contributed by atoms with van der Waals surface area (Å²) in [6.45, 7) is 12.2. The standard InChI is InChI=1S/C7H11N.2C2H6/c1-2-3-7-4-5-8-6-7;2*1-2/h7-8H,4-6H2,1H3;2*1-2H3. The number of rotatable bonds is 0. The fraction of sp³-hybridized carbons (Fsp3) is 0.818. The van der Waals surface area contributed by atoms with Crippen molar-refractivity contribution >= 4 is 0 Å². The van der Waals surface area contributed by atoms with E-state index in [0.717, 1.165) is 13.1 Å². The highest BCUT2D eigenvalue weighted by atomic mass is 14.9. The normalized spacial score (nSPS) is 18.9. The third-order valence-electron chi connectivity index (χ3n) is 1.41. The third kappa shape index (κ3) is 7.63. The van der Waals surface area contributed by atoms with Gasteiger partial charge >= 0.3 is 0 Å². The molecule has 1 N–H and O–H groups in total. The van der Waals surface area contributed by atoms with E-state index in [9.17, 15) is 0 Å². The lowest BCUT2D eigenvalue weighted by Gasteiger charge is -1.91. The first-order valence-electron chi connectivity index (χ1n) is 5.06. The van der Waals surface area contributed by atoms with E-state index in [4.69, 9.17) is 0 Å². The maximum atomic E-state index is 3.25. The molecule has 1 unspecified atom stereocenters. The quantitative estimate of drug-likeness (QED) is 0.550. The van der Waals surface area contributed by atoms with E-state index in [-0.39, 0.29) is 0 Å². The second kappa shape index (κ2) is 13.1. The second-order valence-electron chi connectivity index (χ2n) is 2.08. The molecular formula is C11H23N. The monoisotopic (exact) mass is 169 g/mol. The first-order valence-corrected chi connectivity index (χ1v) is 5.06. The Bertz CT molecular complexity index is 113. The van der Waals surface area contributed by atoms with Crippen LogP contribution in [0, 0.1) is 17.8 Å². The predicted octanol–water partition coefficient (Wildman–Crippen LogP) is 2.67. The average molecular weight is 169 g/mol. The minimum Gasteiger partial charge on any atom is -0.315 e. The summed E-state index contributed by atoms with van der Waals surface area (Å²) in [4.78, 5) is 0. The lowest BCUT2D eigenvalue weighted by atomic mass is 10.1. The molecule has 1 saturated heterocycles. The van der Waals surface area contributed by atoms with Gasteiger partial charge in [0.2, 0.25) is 0 Å². The van der Waals surface area contributed by atoms with Gasteiger partial charge in [0.1, 0.15) is 0 Å². The fourth-order valence-electron chi connectivity index (χ4n) is 0.982. The maximum absolute atomic E-state index is 3.25. The average Bonchev–Trinajstić information content (AvgIpc) is 2.65. The van der Waals surface area contributed by atoms with Crippen LogP contribution in [-0.4, -0.2) is 13.1 Å². The van der Waals surface area contributed by atoms with Crippen LogP contribution in [0.2, 0.25) is 0 Å². The molecule has 1 rings (SSSR count). The molecule has 0 aliphatic carbocycles. The Labute approximate surface area is 77.9 Å². The minimum atomic E-state index is 0.639. The number of hydrogen-bond donors (Lipinski definition) is 1. The summed E-state index contributed by atoms with van der Waals surface area (Å²) in [6.07, 6.45) is 1.24. The first-order chi connectivity index (χ1) is 5.93. The van der Waals surface area contributed by atoms with Gasteiger partial charge in [0, 0.05) is 12.5 Å². The lowest BCUT2D eigenvalue weighted by Crippen LogP contribution is -2.07. The van der Waals surface area contributed by atoms with Gasteiger partial charge in [-0.1, -0.05) is 33.6 Å². The Kier molecular flexibility index (Phi) is 15.4. The smallest absolute Gasteiger partial charge is 0.0339 e. The molecule has 1 heteroatoms. The minimum absolute atomic E-state index is 0.639. The molecule has 0 radical (unpaired) electrons. The SMILES string of the molecule is CC.CC.CC#CC1CCNC1. The van der Waals surface area contributed by atoms with Crippen LogP contribution in [0.4, 0.5) is 0 Å². The van der Waals surface area contributed by atoms with Crippen LogP contribution in [0.3, 0.4) is 0 Å². The highest BCUT2D eigenvalue weighted by Gasteiger charge is 2.09. The van der Waals surface area contributed by atoms with Gasteiger partial charge in [-0.05, 0) is 19.9 Å². The van der Waals surface area contributed by atoms with Gasteiger partial charge < -0.3 is 5.32 Å². The largest absolute Gasteiger partial charge is 0.315 e. The molecule has 1 aliphatic heterocycles. The van der Waals surface area contributed by atoms with Crippen LogP contribution in [0.15, 0.2) is 0 Å². The lowest BCUT2D eigenvalue weighted by molar-refractivity contribution is 0.755. The molecular weight excluding hydrogens is 146 g/mol. The Morgan fingerprint density at radius 3 is 2.08 bits per heavy atom. The molecule has 1 aliphatic rings. The van der Waals surface area contributed by atoms with E-state index in [1.165, 1.54) is 6.42 Å². The van der Waals surface area contributed by atoms with Crippen molar-refractivity contribution < 1.29 is 0 Å². The van der Waals surface area contributed by atoms with Crippen LogP contribution in [0.1, 0.15) is 41.0 Å². The van der Waals surface area contributed by atoms with Gasteiger partial charge in [-0.2, -0.15) is 0 Å². The van der Waals surface area contributed by atoms with Crippen molar-refractivity contribution in [1.82, 2.24) is 5.32 Å². The van der Waals surface area contributed by atoms with Crippen LogP contribution in [0.25, 0.3) is 0 Å². The summed E-state index contributed by atoms with van der Waals surface area (Å²) < 4.78 is 0. The Hall–Kier alpha value is -0.480. The molecule has 0 spiro atoms. The fourth-order valence-corrected chi connectivity index (χ4v) is 0.982. The molecule has 0 amide bonds. The third-order valence-corrected chi connectivity index (χ3v) is 1.41. The summed E-state index contributed by atoms with van der Waals surface area (Å²) in [5.74, 6) is 6.69. The highest BCUT2D eigenvalue weighted by molar-refractivity contribution is 5.03. The van der Waals surface area contributed by atoms with Crippen LogP contribution >= 0.6 is 0 Å². The van der Waals surface area contributed by atoms with Gasteiger partial charge in [0.25, 0.3) is 0 Å². The highest BCUT2D eigenvalue weighted by Crippen LogP contribution is 2.03. The van der Waals surface area contributed by atoms with Crippen molar-refractivity contribution in [1.29, 1.82) is 0 Å². The van der Waals surface area contributed by atoms with Crippen LogP contribution < -0.4 is 5.32 Å². The van der Waals surface area contributed by atoms with Crippen molar-refractivity contribution in [3.05, 3.63) is 0 Å². The molecule has 1 fully saturated rings. The van der Waals surface area contributed by atoms with Gasteiger partial charge in [-0.3, -0.25) is 0 Å². The zero-order valence-corrected chi connectivity index (χ0v) is 9.20. The van der Waals surface area contributed by atoms with E-state index < -0.39 is 0 Å². The van der Waals surface area contributed by atoms with E-state index >= 15 is 0 Å². The van der Waals surface area contributed by atoms with Gasteiger partial charge in [-0.15, -0.1) is 5.92 Å². The number of hydrogen-bond acceptors (Lipinski definition) is 1. The summed E-state index contributed by atoms with van der Waals surface area (Å²) in [5, 5.41) is 3.25. The van der Waals surface area contributed by atoms with Crippen molar-refractivity contribution in [3.8, 4) is 11.8 Å².